The van der Waals surface area contributed by atoms with Crippen molar-refractivity contribution in [2.75, 3.05) is 10.2 Å². The molecule has 6 rings (SSSR count). The van der Waals surface area contributed by atoms with Crippen LogP contribution in [0.15, 0.2) is 79.6 Å². The Morgan fingerprint density at radius 3 is 2.49 bits per heavy atom. The summed E-state index contributed by atoms with van der Waals surface area (Å²) >= 11 is 17.5. The fraction of sp³-hybridized carbons (Fsp3) is 0.154. The summed E-state index contributed by atoms with van der Waals surface area (Å²) in [6, 6.07) is 15.0. The van der Waals surface area contributed by atoms with Gasteiger partial charge in [-0.2, -0.15) is 0 Å². The molecule has 0 radical (unpaired) electrons. The molecule has 0 spiro atoms. The molecule has 198 valence electrons. The molecule has 2 unspecified atom stereocenters. The SMILES string of the molecule is O=C(Cn1c2c(sc1=O)[C@H](c1ccco1)C1C(=O)N(c3ccc(Br)cc3)C(=O)C1S2)Nc1ccc(Cl)c(Cl)c1. The molecule has 1 saturated heterocycles. The van der Waals surface area contributed by atoms with E-state index in [4.69, 9.17) is 27.6 Å². The summed E-state index contributed by atoms with van der Waals surface area (Å²) in [6.45, 7) is -0.293. The summed E-state index contributed by atoms with van der Waals surface area (Å²) < 4.78 is 7.86. The van der Waals surface area contributed by atoms with Crippen molar-refractivity contribution in [1.82, 2.24) is 4.57 Å². The highest BCUT2D eigenvalue weighted by atomic mass is 79.9. The van der Waals surface area contributed by atoms with Crippen molar-refractivity contribution in [3.63, 3.8) is 0 Å². The normalized spacial score (nSPS) is 20.2. The Balaban J connectivity index is 1.37. The number of hydrogen-bond acceptors (Lipinski definition) is 7. The van der Waals surface area contributed by atoms with E-state index >= 15 is 0 Å². The van der Waals surface area contributed by atoms with E-state index in [1.54, 1.807) is 48.5 Å². The van der Waals surface area contributed by atoms with Gasteiger partial charge in [0.05, 0.1) is 43.7 Å². The number of nitrogens with one attached hydrogen (secondary N) is 1. The molecule has 2 aromatic heterocycles. The van der Waals surface area contributed by atoms with Crippen LogP contribution in [-0.4, -0.2) is 27.5 Å². The second-order valence-electron chi connectivity index (χ2n) is 8.85. The Labute approximate surface area is 248 Å². The fourth-order valence-electron chi connectivity index (χ4n) is 4.79. The maximum atomic E-state index is 13.7. The Hall–Kier alpha value is -2.83. The third-order valence-corrected chi connectivity index (χ3v) is 10.4. The van der Waals surface area contributed by atoms with E-state index < -0.39 is 23.0 Å². The van der Waals surface area contributed by atoms with E-state index in [1.807, 2.05) is 0 Å². The lowest BCUT2D eigenvalue weighted by molar-refractivity contribution is -0.122. The van der Waals surface area contributed by atoms with E-state index in [1.165, 1.54) is 21.8 Å². The number of fused-ring (bicyclic) bond motifs is 2. The molecule has 8 nitrogen and oxygen atoms in total. The number of thioether (sulfide) groups is 1. The zero-order valence-electron chi connectivity index (χ0n) is 19.6. The zero-order chi connectivity index (χ0) is 27.4. The van der Waals surface area contributed by atoms with E-state index in [0.29, 0.717) is 32.1 Å². The first-order chi connectivity index (χ1) is 18.7. The van der Waals surface area contributed by atoms with Crippen LogP contribution in [0, 0.1) is 5.92 Å². The number of thiazole rings is 1. The maximum Gasteiger partial charge on any atom is 0.308 e. The number of carbonyl (C=O) groups excluding carboxylic acids is 3. The molecule has 4 heterocycles. The van der Waals surface area contributed by atoms with Gasteiger partial charge in [0.25, 0.3) is 0 Å². The molecule has 2 aliphatic heterocycles. The van der Waals surface area contributed by atoms with Gasteiger partial charge in [0, 0.05) is 10.2 Å². The first-order valence-electron chi connectivity index (χ1n) is 11.5. The highest BCUT2D eigenvalue weighted by Gasteiger charge is 2.57. The van der Waals surface area contributed by atoms with E-state index in [9.17, 15) is 19.2 Å². The van der Waals surface area contributed by atoms with Crippen LogP contribution in [0.5, 0.6) is 0 Å². The van der Waals surface area contributed by atoms with Gasteiger partial charge in [0.2, 0.25) is 17.7 Å². The number of furan rings is 1. The minimum Gasteiger partial charge on any atom is -0.469 e. The van der Waals surface area contributed by atoms with Crippen molar-refractivity contribution >= 4 is 91.3 Å². The molecule has 3 atom stereocenters. The number of anilines is 2. The quantitative estimate of drug-likeness (QED) is 0.263. The van der Waals surface area contributed by atoms with Crippen LogP contribution < -0.4 is 15.1 Å². The number of hydrogen-bond donors (Lipinski definition) is 1. The minimum atomic E-state index is -0.804. The number of aromatic nitrogens is 1. The summed E-state index contributed by atoms with van der Waals surface area (Å²) in [5.74, 6) is -2.17. The Bertz CT molecular complexity index is 1690. The molecular formula is C26H16BrCl2N3O5S2. The van der Waals surface area contributed by atoms with Crippen LogP contribution in [0.25, 0.3) is 0 Å². The average Bonchev–Trinajstić information content (AvgIpc) is 3.60. The lowest BCUT2D eigenvalue weighted by Gasteiger charge is -2.29. The van der Waals surface area contributed by atoms with Crippen LogP contribution in [0.2, 0.25) is 10.0 Å². The van der Waals surface area contributed by atoms with Crippen molar-refractivity contribution in [3.05, 3.63) is 95.7 Å². The number of carbonyl (C=O) groups is 3. The van der Waals surface area contributed by atoms with Crippen molar-refractivity contribution in [3.8, 4) is 0 Å². The van der Waals surface area contributed by atoms with Gasteiger partial charge in [-0.3, -0.25) is 23.7 Å². The number of benzene rings is 2. The predicted octanol–water partition coefficient (Wildman–Crippen LogP) is 6.01. The third-order valence-electron chi connectivity index (χ3n) is 6.49. The molecule has 4 aromatic rings. The molecular weight excluding hydrogens is 649 g/mol. The maximum absolute atomic E-state index is 13.7. The molecule has 2 aromatic carbocycles. The van der Waals surface area contributed by atoms with Crippen LogP contribution in [-0.2, 0) is 20.9 Å². The first-order valence-corrected chi connectivity index (χ1v) is 14.8. The van der Waals surface area contributed by atoms with Crippen molar-refractivity contribution in [1.29, 1.82) is 0 Å². The number of nitrogens with zero attached hydrogens (tertiary/aromatic N) is 2. The molecule has 0 saturated carbocycles. The van der Waals surface area contributed by atoms with Crippen LogP contribution in [0.3, 0.4) is 0 Å². The number of amides is 3. The van der Waals surface area contributed by atoms with Gasteiger partial charge < -0.3 is 9.73 Å². The number of imide groups is 1. The summed E-state index contributed by atoms with van der Waals surface area (Å²) in [4.78, 5) is 54.9. The summed E-state index contributed by atoms with van der Waals surface area (Å²) in [6.07, 6.45) is 1.49. The Kier molecular flexibility index (Phi) is 6.96. The predicted molar refractivity (Wildman–Crippen MR) is 154 cm³/mol. The standard InChI is InChI=1S/C26H16BrCl2N3O5S2/c27-12-3-6-14(7-4-12)32-23(34)20-19(17-2-1-9-37-17)22-25(38-21(20)24(32)35)31(26(36)39-22)11-18(33)30-13-5-8-15(28)16(29)10-13/h1-10,19-21H,11H2,(H,30,33)/t19-,20?,21?/m1/s1. The van der Waals surface area contributed by atoms with Gasteiger partial charge in [-0.25, -0.2) is 4.90 Å². The van der Waals surface area contributed by atoms with Gasteiger partial charge >= 0.3 is 4.87 Å². The van der Waals surface area contributed by atoms with Gasteiger partial charge in [-0.15, -0.1) is 0 Å². The molecule has 1 fully saturated rings. The average molecular weight is 665 g/mol. The monoisotopic (exact) mass is 663 g/mol. The lowest BCUT2D eigenvalue weighted by atomic mass is 9.87. The molecule has 39 heavy (non-hydrogen) atoms. The molecule has 0 bridgehead atoms. The minimum absolute atomic E-state index is 0.280. The Morgan fingerprint density at radius 1 is 1.03 bits per heavy atom. The third kappa shape index (κ3) is 4.66. The van der Waals surface area contributed by atoms with Gasteiger partial charge in [-0.1, -0.05) is 62.2 Å². The van der Waals surface area contributed by atoms with Crippen LogP contribution in [0.1, 0.15) is 16.6 Å². The first kappa shape index (κ1) is 26.4. The molecule has 3 amide bonds. The fourth-order valence-corrected chi connectivity index (χ4v) is 8.11. The molecule has 0 aliphatic carbocycles. The smallest absolute Gasteiger partial charge is 0.308 e. The molecule has 13 heteroatoms. The number of halogens is 3. The lowest BCUT2D eigenvalue weighted by Crippen LogP contribution is -2.32. The molecule has 2 aliphatic rings. The van der Waals surface area contributed by atoms with E-state index in [0.717, 1.165) is 27.6 Å². The van der Waals surface area contributed by atoms with Gasteiger partial charge in [-0.05, 0) is 54.6 Å². The van der Waals surface area contributed by atoms with E-state index in [-0.39, 0.29) is 28.3 Å². The zero-order valence-corrected chi connectivity index (χ0v) is 24.3. The summed E-state index contributed by atoms with van der Waals surface area (Å²) in [5.41, 5.74) is 0.887. The topological polar surface area (TPSA) is 102 Å². The van der Waals surface area contributed by atoms with Crippen molar-refractivity contribution in [2.45, 2.75) is 22.7 Å². The van der Waals surface area contributed by atoms with Crippen molar-refractivity contribution < 1.29 is 18.8 Å². The molecule has 1 N–H and O–H groups in total. The van der Waals surface area contributed by atoms with Gasteiger partial charge in [0.1, 0.15) is 17.6 Å². The summed E-state index contributed by atoms with van der Waals surface area (Å²) in [5, 5.41) is 3.01. The Morgan fingerprint density at radius 2 is 1.79 bits per heavy atom. The highest BCUT2D eigenvalue weighted by Crippen LogP contribution is 2.54. The summed E-state index contributed by atoms with van der Waals surface area (Å²) in [7, 11) is 0. The van der Waals surface area contributed by atoms with Gasteiger partial charge in [0.15, 0.2) is 0 Å². The van der Waals surface area contributed by atoms with E-state index in [2.05, 4.69) is 21.2 Å². The number of rotatable bonds is 5. The second-order valence-corrected chi connectivity index (χ2v) is 12.7. The largest absolute Gasteiger partial charge is 0.469 e. The highest BCUT2D eigenvalue weighted by molar-refractivity contribution is 9.10. The van der Waals surface area contributed by atoms with Crippen molar-refractivity contribution in [2.24, 2.45) is 5.92 Å². The van der Waals surface area contributed by atoms with Crippen LogP contribution >= 0.6 is 62.2 Å². The second kappa shape index (κ2) is 10.3. The van der Waals surface area contributed by atoms with Crippen LogP contribution in [0.4, 0.5) is 11.4 Å².